The van der Waals surface area contributed by atoms with E-state index >= 15 is 0 Å². The van der Waals surface area contributed by atoms with Gasteiger partial charge in [0.05, 0.1) is 44.6 Å². The molecule has 0 saturated heterocycles. The van der Waals surface area contributed by atoms with Gasteiger partial charge in [0.2, 0.25) is 0 Å². The van der Waals surface area contributed by atoms with E-state index in [4.69, 9.17) is 1.37 Å². The van der Waals surface area contributed by atoms with Crippen molar-refractivity contribution in [3.63, 3.8) is 0 Å². The summed E-state index contributed by atoms with van der Waals surface area (Å²) < 4.78 is 13.6. The van der Waals surface area contributed by atoms with Gasteiger partial charge in [0.1, 0.15) is 0 Å². The van der Waals surface area contributed by atoms with Crippen LogP contribution in [0.3, 0.4) is 0 Å². The highest BCUT2D eigenvalue weighted by molar-refractivity contribution is 7.15. The van der Waals surface area contributed by atoms with Crippen molar-refractivity contribution in [1.82, 2.24) is 13.7 Å². The Bertz CT molecular complexity index is 2450. The maximum Gasteiger partial charge on any atom is 0.0541 e. The number of allylic oxidation sites excluding steroid dienone is 2. The zero-order valence-corrected chi connectivity index (χ0v) is 27.1. The lowest BCUT2D eigenvalue weighted by molar-refractivity contribution is 0.952. The lowest BCUT2D eigenvalue weighted by atomic mass is 10.0. The molecule has 0 radical (unpaired) electrons. The number of benzene rings is 6. The molecule has 9 aromatic rings. The third kappa shape index (κ3) is 4.17. The quantitative estimate of drug-likeness (QED) is 0.137. The Balaban J connectivity index is 0.00000101. The second kappa shape index (κ2) is 11.2. The minimum Gasteiger partial charge on any atom is -0.313 e. The fourth-order valence-electron chi connectivity index (χ4n) is 7.86. The van der Waals surface area contributed by atoms with Crippen molar-refractivity contribution < 1.29 is 1.37 Å². The number of nitrogens with zero attached hydrogens (tertiary/aromatic N) is 3. The van der Waals surface area contributed by atoms with E-state index in [0.717, 1.165) is 24.2 Å². The van der Waals surface area contributed by atoms with Crippen LogP contribution in [0.1, 0.15) is 12.6 Å². The summed E-state index contributed by atoms with van der Waals surface area (Å²) in [5, 5.41) is 6.42. The van der Waals surface area contributed by atoms with E-state index in [1.165, 1.54) is 71.5 Å². The van der Waals surface area contributed by atoms with Gasteiger partial charge < -0.3 is 13.7 Å². The molecule has 0 N–H and O–H groups in total. The minimum atomic E-state index is 0.417. The first-order valence-electron chi connectivity index (χ1n) is 16.9. The van der Waals surface area contributed by atoms with E-state index in [1.807, 2.05) is 0 Å². The Morgan fingerprint density at radius 1 is 0.447 bits per heavy atom. The van der Waals surface area contributed by atoms with Crippen LogP contribution in [0.4, 0.5) is 0 Å². The van der Waals surface area contributed by atoms with Crippen molar-refractivity contribution in [2.45, 2.75) is 12.8 Å². The fourth-order valence-corrected chi connectivity index (χ4v) is 7.86. The van der Waals surface area contributed by atoms with Crippen LogP contribution in [0.25, 0.3) is 71.6 Å². The molecule has 0 fully saturated rings. The predicted octanol–water partition coefficient (Wildman–Crippen LogP) is 11.0. The minimum absolute atomic E-state index is 0.417. The standard InChI is InChI=1S/C42H29N3.CH5P/c1-7-19-37-31(13-1)32-14-2-8-20-38(32)43(37)28-25-29(44-39-21-9-3-15-33(39)34-16-4-10-22-40(34)44)27-30(26-28)45-41-23-11-5-17-35(41)36-18-6-12-24-42(36)45;1-2/h1-17,19-23,25-27H,18,24H2;2H2,1H3/i;1T. The van der Waals surface area contributed by atoms with Crippen molar-refractivity contribution in [2.75, 3.05) is 6.64 Å². The van der Waals surface area contributed by atoms with E-state index < -0.39 is 0 Å². The van der Waals surface area contributed by atoms with E-state index in [0.29, 0.717) is 6.64 Å². The molecule has 3 nitrogen and oxygen atoms in total. The van der Waals surface area contributed by atoms with E-state index in [1.54, 1.807) is 0 Å². The molecule has 1 atom stereocenters. The van der Waals surface area contributed by atoms with Crippen LogP contribution in [0, 0.1) is 0 Å². The second-order valence-electron chi connectivity index (χ2n) is 12.1. The first kappa shape index (κ1) is 26.8. The normalized spacial score (nSPS) is 12.9. The van der Waals surface area contributed by atoms with Crippen LogP contribution < -0.4 is 0 Å². The van der Waals surface area contributed by atoms with Gasteiger partial charge in [-0.2, -0.15) is 0 Å². The molecule has 0 bridgehead atoms. The van der Waals surface area contributed by atoms with Gasteiger partial charge in [0.15, 0.2) is 0 Å². The third-order valence-corrected chi connectivity index (χ3v) is 9.71. The zero-order valence-electron chi connectivity index (χ0n) is 27.0. The predicted molar refractivity (Wildman–Crippen MR) is 204 cm³/mol. The molecule has 1 aliphatic carbocycles. The lowest BCUT2D eigenvalue weighted by Crippen LogP contribution is -2.07. The largest absolute Gasteiger partial charge is 0.313 e. The summed E-state index contributed by atoms with van der Waals surface area (Å²) in [6.45, 7) is 0.417. The highest BCUT2D eigenvalue weighted by Gasteiger charge is 2.21. The number of aromatic nitrogens is 3. The molecule has 0 saturated carbocycles. The average Bonchev–Trinajstić information content (AvgIpc) is 3.78. The molecular formula is C43H34N3P. The summed E-state index contributed by atoms with van der Waals surface area (Å²) in [5.74, 6) is 0. The maximum atomic E-state index is 6.17. The molecule has 6 aromatic carbocycles. The number of hydrogen-bond acceptors (Lipinski definition) is 0. The van der Waals surface area contributed by atoms with E-state index in [9.17, 15) is 0 Å². The third-order valence-electron chi connectivity index (χ3n) is 9.71. The van der Waals surface area contributed by atoms with Crippen LogP contribution in [-0.2, 0) is 12.8 Å². The highest BCUT2D eigenvalue weighted by atomic mass is 31.0. The molecule has 0 spiro atoms. The molecule has 3 aromatic heterocycles. The summed E-state index contributed by atoms with van der Waals surface area (Å²) in [5.41, 5.74) is 12.4. The summed E-state index contributed by atoms with van der Waals surface area (Å²) >= 11 is 0. The van der Waals surface area contributed by atoms with Crippen LogP contribution in [0.5, 0.6) is 0 Å². The molecule has 4 heteroatoms. The Labute approximate surface area is 277 Å². The molecule has 1 unspecified atom stereocenters. The van der Waals surface area contributed by atoms with Crippen LogP contribution in [0.2, 0.25) is 0 Å². The van der Waals surface area contributed by atoms with Crippen LogP contribution in [0.15, 0.2) is 152 Å². The van der Waals surface area contributed by atoms with E-state index in [-0.39, 0.29) is 0 Å². The molecule has 226 valence electrons. The average molecular weight is 626 g/mol. The number of hydrogen-bond donors (Lipinski definition) is 0. The SMILES string of the molecule is C1=CCc2c(c3ccccc3n2-c2cc(-n3c4ccccc4c4ccccc43)cc(-n3c4ccccc4c4ccccc43)c2)C1.[3H]CP. The van der Waals surface area contributed by atoms with Crippen molar-refractivity contribution in [3.8, 4) is 17.1 Å². The molecule has 0 amide bonds. The van der Waals surface area contributed by atoms with Gasteiger partial charge >= 0.3 is 0 Å². The number of para-hydroxylation sites is 5. The van der Waals surface area contributed by atoms with Gasteiger partial charge in [0.25, 0.3) is 0 Å². The molecule has 1 aliphatic rings. The Morgan fingerprint density at radius 2 is 0.766 bits per heavy atom. The van der Waals surface area contributed by atoms with Gasteiger partial charge in [-0.25, -0.2) is 0 Å². The number of fused-ring (bicyclic) bond motifs is 9. The molecular weight excluding hydrogens is 589 g/mol. The van der Waals surface area contributed by atoms with E-state index in [2.05, 4.69) is 175 Å². The molecule has 10 rings (SSSR count). The van der Waals surface area contributed by atoms with Crippen molar-refractivity contribution in [1.29, 1.82) is 0 Å². The Morgan fingerprint density at radius 3 is 1.19 bits per heavy atom. The summed E-state index contributed by atoms with van der Waals surface area (Å²) in [7, 11) is 2.25. The van der Waals surface area contributed by atoms with Crippen LogP contribution >= 0.6 is 9.24 Å². The summed E-state index contributed by atoms with van der Waals surface area (Å²) in [4.78, 5) is 0. The summed E-state index contributed by atoms with van der Waals surface area (Å²) in [6.07, 6.45) is 6.53. The molecule has 0 aliphatic heterocycles. The summed E-state index contributed by atoms with van der Waals surface area (Å²) in [6, 6.07) is 51.2. The topological polar surface area (TPSA) is 14.8 Å². The Kier molecular flexibility index (Phi) is 6.36. The first-order valence-corrected chi connectivity index (χ1v) is 17.0. The van der Waals surface area contributed by atoms with Gasteiger partial charge in [0, 0.05) is 40.4 Å². The zero-order chi connectivity index (χ0) is 32.2. The Hall–Kier alpha value is -5.37. The van der Waals surface area contributed by atoms with Crippen LogP contribution in [-0.4, -0.2) is 20.3 Å². The number of rotatable bonds is 3. The smallest absolute Gasteiger partial charge is 0.0541 e. The highest BCUT2D eigenvalue weighted by Crippen LogP contribution is 2.39. The lowest BCUT2D eigenvalue weighted by Gasteiger charge is -2.19. The second-order valence-corrected chi connectivity index (χ2v) is 12.1. The maximum absolute atomic E-state index is 6.17. The monoisotopic (exact) mass is 625 g/mol. The van der Waals surface area contributed by atoms with Crippen molar-refractivity contribution in [3.05, 3.63) is 163 Å². The molecule has 3 heterocycles. The fraction of sp³-hybridized carbons (Fsp3) is 0.0698. The first-order chi connectivity index (χ1) is 23.8. The molecule has 47 heavy (non-hydrogen) atoms. The van der Waals surface area contributed by atoms with Crippen molar-refractivity contribution in [2.24, 2.45) is 0 Å². The van der Waals surface area contributed by atoms with Gasteiger partial charge in [-0.3, -0.25) is 0 Å². The van der Waals surface area contributed by atoms with Gasteiger partial charge in [-0.05, 0) is 60.5 Å². The van der Waals surface area contributed by atoms with Gasteiger partial charge in [-0.1, -0.05) is 110 Å². The van der Waals surface area contributed by atoms with Gasteiger partial charge in [-0.15, -0.1) is 9.24 Å². The van der Waals surface area contributed by atoms with Crippen molar-refractivity contribution >= 4 is 63.8 Å².